The Hall–Kier alpha value is -2.77. The third-order valence-corrected chi connectivity index (χ3v) is 6.06. The Morgan fingerprint density at radius 2 is 1.89 bits per heavy atom. The summed E-state index contributed by atoms with van der Waals surface area (Å²) in [7, 11) is 1.67. The maximum absolute atomic E-state index is 13.0. The summed E-state index contributed by atoms with van der Waals surface area (Å²) < 4.78 is 10.7. The van der Waals surface area contributed by atoms with Crippen LogP contribution in [0.5, 0.6) is 11.5 Å². The lowest BCUT2D eigenvalue weighted by Crippen LogP contribution is -2.49. The topological polar surface area (TPSA) is 88.2 Å². The first-order valence-electron chi connectivity index (χ1n) is 9.71. The van der Waals surface area contributed by atoms with Crippen LogP contribution in [0.3, 0.4) is 0 Å². The highest BCUT2D eigenvalue weighted by Crippen LogP contribution is 2.39. The predicted molar refractivity (Wildman–Crippen MR) is 99.8 cm³/mol. The zero-order valence-corrected chi connectivity index (χ0v) is 16.2. The Labute approximate surface area is 163 Å². The number of imide groups is 1. The summed E-state index contributed by atoms with van der Waals surface area (Å²) in [5.74, 6) is 0.708. The molecule has 1 N–H and O–H groups in total. The van der Waals surface area contributed by atoms with Gasteiger partial charge in [-0.1, -0.05) is 25.3 Å². The van der Waals surface area contributed by atoms with Crippen molar-refractivity contribution in [1.82, 2.24) is 15.1 Å². The molecular formula is C20H25N3O5. The van der Waals surface area contributed by atoms with Crippen molar-refractivity contribution < 1.29 is 23.9 Å². The molecule has 0 bridgehead atoms. The third-order valence-electron chi connectivity index (χ3n) is 6.06. The minimum absolute atomic E-state index is 0.188. The quantitative estimate of drug-likeness (QED) is 0.800. The number of nitrogens with one attached hydrogen (secondary N) is 1. The summed E-state index contributed by atoms with van der Waals surface area (Å²) in [5, 5.41) is 2.86. The maximum atomic E-state index is 13.0. The molecule has 8 heteroatoms. The highest BCUT2D eigenvalue weighted by atomic mass is 16.7. The molecule has 1 saturated heterocycles. The van der Waals surface area contributed by atoms with E-state index in [1.54, 1.807) is 13.1 Å². The molecule has 4 rings (SSSR count). The van der Waals surface area contributed by atoms with E-state index in [1.807, 2.05) is 19.1 Å². The monoisotopic (exact) mass is 387 g/mol. The highest BCUT2D eigenvalue weighted by molar-refractivity contribution is 6.08. The zero-order chi connectivity index (χ0) is 19.9. The SMILES string of the molecule is C[C@@H](NC(=O)CN1C(=O)N(C)C2(CCCCC2)C1=O)c1ccc2c(c1)OCO2. The second kappa shape index (κ2) is 7.00. The lowest BCUT2D eigenvalue weighted by atomic mass is 9.81. The van der Waals surface area contributed by atoms with Crippen LogP contribution < -0.4 is 14.8 Å². The van der Waals surface area contributed by atoms with E-state index in [0.29, 0.717) is 24.3 Å². The van der Waals surface area contributed by atoms with E-state index in [9.17, 15) is 14.4 Å². The number of hydrogen-bond donors (Lipinski definition) is 1. The third kappa shape index (κ3) is 2.96. The number of carbonyl (C=O) groups is 3. The molecule has 3 aliphatic rings. The van der Waals surface area contributed by atoms with Crippen molar-refractivity contribution in [2.75, 3.05) is 20.4 Å². The number of likely N-dealkylation sites (N-methyl/N-ethyl adjacent to an activating group) is 1. The predicted octanol–water partition coefficient (Wildman–Crippen LogP) is 2.19. The molecular weight excluding hydrogens is 362 g/mol. The summed E-state index contributed by atoms with van der Waals surface area (Å²) in [6.45, 7) is 1.77. The van der Waals surface area contributed by atoms with Crippen molar-refractivity contribution in [3.8, 4) is 11.5 Å². The van der Waals surface area contributed by atoms with E-state index >= 15 is 0 Å². The molecule has 4 amide bonds. The van der Waals surface area contributed by atoms with E-state index in [1.165, 1.54) is 4.90 Å². The Kier molecular flexibility index (Phi) is 4.64. The molecule has 1 aromatic rings. The van der Waals surface area contributed by atoms with Crippen molar-refractivity contribution in [3.63, 3.8) is 0 Å². The van der Waals surface area contributed by atoms with Crippen molar-refractivity contribution >= 4 is 17.8 Å². The van der Waals surface area contributed by atoms with Crippen molar-refractivity contribution in [1.29, 1.82) is 0 Å². The van der Waals surface area contributed by atoms with Crippen molar-refractivity contribution in [2.45, 2.75) is 50.6 Å². The number of rotatable bonds is 4. The van der Waals surface area contributed by atoms with Gasteiger partial charge in [-0.05, 0) is 37.5 Å². The fourth-order valence-corrected chi connectivity index (χ4v) is 4.37. The van der Waals surface area contributed by atoms with Gasteiger partial charge in [0.1, 0.15) is 12.1 Å². The van der Waals surface area contributed by atoms with Gasteiger partial charge < -0.3 is 19.7 Å². The van der Waals surface area contributed by atoms with E-state index in [0.717, 1.165) is 29.7 Å². The minimum Gasteiger partial charge on any atom is -0.454 e. The molecule has 150 valence electrons. The van der Waals surface area contributed by atoms with Crippen molar-refractivity contribution in [2.24, 2.45) is 0 Å². The summed E-state index contributed by atoms with van der Waals surface area (Å²) in [4.78, 5) is 40.8. The van der Waals surface area contributed by atoms with Gasteiger partial charge in [-0.2, -0.15) is 0 Å². The van der Waals surface area contributed by atoms with Crippen molar-refractivity contribution in [3.05, 3.63) is 23.8 Å². The number of ether oxygens (including phenoxy) is 2. The van der Waals surface area contributed by atoms with Crippen LogP contribution in [0.15, 0.2) is 18.2 Å². The Morgan fingerprint density at radius 1 is 1.18 bits per heavy atom. The Morgan fingerprint density at radius 3 is 2.64 bits per heavy atom. The van der Waals surface area contributed by atoms with E-state index in [2.05, 4.69) is 5.32 Å². The van der Waals surface area contributed by atoms with Crippen LogP contribution >= 0.6 is 0 Å². The number of hydrogen-bond acceptors (Lipinski definition) is 5. The molecule has 1 spiro atoms. The van der Waals surface area contributed by atoms with Crippen LogP contribution in [-0.4, -0.2) is 53.6 Å². The minimum atomic E-state index is -0.765. The first-order valence-corrected chi connectivity index (χ1v) is 9.71. The standard InChI is InChI=1S/C20H25N3O5/c1-13(14-6-7-15-16(10-14)28-12-27-15)21-17(24)11-23-18(25)20(22(2)19(23)26)8-4-3-5-9-20/h6-7,10,13H,3-5,8-9,11-12H2,1-2H3,(H,21,24)/t13-/m1/s1. The van der Waals surface area contributed by atoms with Gasteiger partial charge in [0.25, 0.3) is 5.91 Å². The van der Waals surface area contributed by atoms with Gasteiger partial charge in [-0.25, -0.2) is 4.79 Å². The van der Waals surface area contributed by atoms with Gasteiger partial charge in [-0.15, -0.1) is 0 Å². The summed E-state index contributed by atoms with van der Waals surface area (Å²) >= 11 is 0. The van der Waals surface area contributed by atoms with Gasteiger partial charge in [0, 0.05) is 7.05 Å². The summed E-state index contributed by atoms with van der Waals surface area (Å²) in [6, 6.07) is 4.80. The fraction of sp³-hybridized carbons (Fsp3) is 0.550. The first-order chi connectivity index (χ1) is 13.4. The molecule has 2 heterocycles. The number of fused-ring (bicyclic) bond motifs is 1. The van der Waals surface area contributed by atoms with Gasteiger partial charge in [0.05, 0.1) is 6.04 Å². The zero-order valence-electron chi connectivity index (χ0n) is 16.2. The second-order valence-corrected chi connectivity index (χ2v) is 7.73. The van der Waals surface area contributed by atoms with Crippen LogP contribution in [0.1, 0.15) is 50.6 Å². The lowest BCUT2D eigenvalue weighted by Gasteiger charge is -2.35. The van der Waals surface area contributed by atoms with Crippen LogP contribution in [-0.2, 0) is 9.59 Å². The average Bonchev–Trinajstić information content (AvgIpc) is 3.23. The number of amides is 4. The van der Waals surface area contributed by atoms with Crippen LogP contribution in [0, 0.1) is 0 Å². The smallest absolute Gasteiger partial charge is 0.327 e. The normalized spacial score (nSPS) is 21.4. The number of nitrogens with zero attached hydrogens (tertiary/aromatic N) is 2. The molecule has 0 radical (unpaired) electrons. The molecule has 28 heavy (non-hydrogen) atoms. The molecule has 1 saturated carbocycles. The fourth-order valence-electron chi connectivity index (χ4n) is 4.37. The van der Waals surface area contributed by atoms with Crippen LogP contribution in [0.2, 0.25) is 0 Å². The molecule has 0 unspecified atom stereocenters. The van der Waals surface area contributed by atoms with Gasteiger partial charge in [0.2, 0.25) is 12.7 Å². The van der Waals surface area contributed by atoms with Crippen LogP contribution in [0.25, 0.3) is 0 Å². The molecule has 1 aromatic carbocycles. The molecule has 8 nitrogen and oxygen atoms in total. The van der Waals surface area contributed by atoms with Crippen LogP contribution in [0.4, 0.5) is 4.79 Å². The molecule has 0 aromatic heterocycles. The largest absolute Gasteiger partial charge is 0.454 e. The van der Waals surface area contributed by atoms with Gasteiger partial charge in [-0.3, -0.25) is 14.5 Å². The summed E-state index contributed by atoms with van der Waals surface area (Å²) in [5.41, 5.74) is 0.0935. The van der Waals surface area contributed by atoms with Gasteiger partial charge >= 0.3 is 6.03 Å². The molecule has 1 aliphatic carbocycles. The Balaban J connectivity index is 1.42. The lowest BCUT2D eigenvalue weighted by molar-refractivity contribution is -0.137. The molecule has 2 fully saturated rings. The van der Waals surface area contributed by atoms with E-state index < -0.39 is 11.6 Å². The number of carbonyl (C=O) groups excluding carboxylic acids is 3. The first kappa shape index (κ1) is 18.6. The maximum Gasteiger partial charge on any atom is 0.327 e. The molecule has 1 atom stereocenters. The number of urea groups is 1. The highest BCUT2D eigenvalue weighted by Gasteiger charge is 2.55. The summed E-state index contributed by atoms with van der Waals surface area (Å²) in [6.07, 6.45) is 4.25. The molecule has 2 aliphatic heterocycles. The van der Waals surface area contributed by atoms with E-state index in [4.69, 9.17) is 9.47 Å². The van der Waals surface area contributed by atoms with Gasteiger partial charge in [0.15, 0.2) is 11.5 Å². The average molecular weight is 387 g/mol. The Bertz CT molecular complexity index is 818. The second-order valence-electron chi connectivity index (χ2n) is 7.73. The van der Waals surface area contributed by atoms with E-state index in [-0.39, 0.29) is 31.2 Å². The number of benzene rings is 1.